The van der Waals surface area contributed by atoms with Gasteiger partial charge < -0.3 is 36.6 Å². The third-order valence-electron chi connectivity index (χ3n) is 8.59. The number of aliphatic hydroxyl groups excluding tert-OH is 3. The second-order valence-corrected chi connectivity index (χ2v) is 12.0. The number of Topliss-reactive ketones (excluding diaryl/α,β-unsaturated/α-hetero) is 2. The van der Waals surface area contributed by atoms with Crippen LogP contribution in [0.15, 0.2) is 59.4 Å². The number of nitrogens with zero attached hydrogens (tertiary/aromatic N) is 1. The van der Waals surface area contributed by atoms with Gasteiger partial charge in [0.05, 0.1) is 23.0 Å². The molecule has 0 saturated heterocycles. The minimum absolute atomic E-state index is 0.0941. The number of nitrogens with one attached hydrogen (secondary N) is 1. The number of amides is 1. The maximum atomic E-state index is 13.8. The number of thiazole rings is 1. The zero-order valence-corrected chi connectivity index (χ0v) is 23.3. The average Bonchev–Trinajstić information content (AvgIpc) is 3.32. The van der Waals surface area contributed by atoms with Crippen molar-refractivity contribution in [2.75, 3.05) is 5.32 Å². The van der Waals surface area contributed by atoms with Crippen molar-refractivity contribution in [3.63, 3.8) is 0 Å². The van der Waals surface area contributed by atoms with Gasteiger partial charge in [0.25, 0.3) is 5.91 Å². The summed E-state index contributed by atoms with van der Waals surface area (Å²) in [5.74, 6) is -9.04. The smallest absolute Gasteiger partial charge is 0.255 e. The number of carbonyl (C=O) groups is 3. The predicted octanol–water partition coefficient (Wildman–Crippen LogP) is 3.13. The van der Waals surface area contributed by atoms with E-state index in [2.05, 4.69) is 10.3 Å². The van der Waals surface area contributed by atoms with Gasteiger partial charge in [-0.1, -0.05) is 43.3 Å². The molecular formula is C30H27N3O8S. The largest absolute Gasteiger partial charge is 0.508 e. The number of aliphatic hydroxyl groups is 4. The van der Waals surface area contributed by atoms with Crippen LogP contribution in [0.25, 0.3) is 17.0 Å². The molecule has 1 fully saturated rings. The fourth-order valence-electron chi connectivity index (χ4n) is 6.53. The monoisotopic (exact) mass is 589 g/mol. The van der Waals surface area contributed by atoms with E-state index in [-0.39, 0.29) is 11.3 Å². The first-order chi connectivity index (χ1) is 19.9. The van der Waals surface area contributed by atoms with Gasteiger partial charge in [-0.05, 0) is 24.5 Å². The molecule has 1 amide bonds. The van der Waals surface area contributed by atoms with Crippen molar-refractivity contribution < 1.29 is 39.9 Å². The number of carbonyl (C=O) groups excluding carboxylic acids is 3. The Balaban J connectivity index is 1.45. The third-order valence-corrected chi connectivity index (χ3v) is 9.47. The molecule has 3 aliphatic carbocycles. The highest BCUT2D eigenvalue weighted by Crippen LogP contribution is 2.56. The first-order valence-corrected chi connectivity index (χ1v) is 14.0. The minimum Gasteiger partial charge on any atom is -0.508 e. The summed E-state index contributed by atoms with van der Waals surface area (Å²) >= 11 is 1.36. The van der Waals surface area contributed by atoms with E-state index in [1.807, 2.05) is 37.3 Å². The Morgan fingerprint density at radius 2 is 1.81 bits per heavy atom. The molecule has 42 heavy (non-hydrogen) atoms. The third kappa shape index (κ3) is 3.72. The molecule has 8 N–H and O–H groups in total. The van der Waals surface area contributed by atoms with Crippen LogP contribution in [0.1, 0.15) is 35.3 Å². The SMILES string of the molecule is Cc1sc(Nc2ccc3c(c2O)C(O)=C2C(=O)C4(O)C(O)=C(C(N)=O)C(=O)CC4C(O)C2C3C)nc1-c1ccccc1. The van der Waals surface area contributed by atoms with Crippen molar-refractivity contribution in [1.82, 2.24) is 4.98 Å². The molecular weight excluding hydrogens is 562 g/mol. The number of aromatic nitrogens is 1. The fourth-order valence-corrected chi connectivity index (χ4v) is 7.38. The maximum absolute atomic E-state index is 13.8. The summed E-state index contributed by atoms with van der Waals surface area (Å²) < 4.78 is 0. The molecule has 6 rings (SSSR count). The Morgan fingerprint density at radius 3 is 2.48 bits per heavy atom. The number of nitrogens with two attached hydrogens (primary N) is 1. The normalized spacial score (nSPS) is 27.0. The Hall–Kier alpha value is -4.52. The number of ketones is 2. The molecule has 3 aliphatic rings. The van der Waals surface area contributed by atoms with Crippen molar-refractivity contribution >= 4 is 45.4 Å². The van der Waals surface area contributed by atoms with Gasteiger partial charge in [-0.2, -0.15) is 0 Å². The number of phenols is 1. The van der Waals surface area contributed by atoms with Gasteiger partial charge in [0.2, 0.25) is 5.78 Å². The van der Waals surface area contributed by atoms with Crippen LogP contribution in [0.5, 0.6) is 5.75 Å². The molecule has 1 heterocycles. The van der Waals surface area contributed by atoms with Crippen LogP contribution in [0.2, 0.25) is 0 Å². The van der Waals surface area contributed by atoms with Crippen molar-refractivity contribution in [3.05, 3.63) is 75.4 Å². The van der Waals surface area contributed by atoms with Crippen LogP contribution in [0.4, 0.5) is 10.8 Å². The van der Waals surface area contributed by atoms with Gasteiger partial charge in [0, 0.05) is 34.3 Å². The van der Waals surface area contributed by atoms with Crippen LogP contribution in [-0.4, -0.2) is 59.7 Å². The highest BCUT2D eigenvalue weighted by molar-refractivity contribution is 7.16. The number of aryl methyl sites for hydroxylation is 1. The zero-order chi connectivity index (χ0) is 30.2. The number of primary amides is 1. The summed E-state index contributed by atoms with van der Waals surface area (Å²) in [6, 6.07) is 12.8. The number of phenolic OH excluding ortho intramolecular Hbond substituents is 1. The molecule has 1 aromatic heterocycles. The molecule has 2 aromatic carbocycles. The molecule has 1 saturated carbocycles. The molecule has 0 bridgehead atoms. The Kier molecular flexibility index (Phi) is 6.26. The van der Waals surface area contributed by atoms with Crippen LogP contribution in [0, 0.1) is 18.8 Å². The van der Waals surface area contributed by atoms with E-state index in [4.69, 9.17) is 5.73 Å². The van der Waals surface area contributed by atoms with E-state index >= 15 is 0 Å². The quantitative estimate of drug-likeness (QED) is 0.175. The van der Waals surface area contributed by atoms with E-state index < -0.39 is 81.8 Å². The standard InChI is InChI=1S/C30H27N3O8S/c1-11-14-8-9-16(32-29-33-22(12(2)42-29)13-6-4-3-5-7-13)24(36)19(14)25(37)21-18(11)23(35)15-10-17(34)20(28(31)40)26(38)30(15,41)27(21)39/h3-9,11,15,18,23,35-38,41H,10H2,1-2H3,(H2,31,40)(H,32,33). The molecule has 0 spiro atoms. The Morgan fingerprint density at radius 1 is 1.12 bits per heavy atom. The summed E-state index contributed by atoms with van der Waals surface area (Å²) in [5.41, 5.74) is 3.17. The van der Waals surface area contributed by atoms with Crippen molar-refractivity contribution in [2.24, 2.45) is 17.6 Å². The van der Waals surface area contributed by atoms with E-state index in [0.29, 0.717) is 10.7 Å². The lowest BCUT2D eigenvalue weighted by molar-refractivity contribution is -0.160. The van der Waals surface area contributed by atoms with Crippen LogP contribution in [-0.2, 0) is 14.4 Å². The van der Waals surface area contributed by atoms with Gasteiger partial charge in [0.15, 0.2) is 16.5 Å². The summed E-state index contributed by atoms with van der Waals surface area (Å²) in [6.07, 6.45) is -2.20. The highest BCUT2D eigenvalue weighted by atomic mass is 32.1. The van der Waals surface area contributed by atoms with Crippen molar-refractivity contribution in [1.29, 1.82) is 0 Å². The van der Waals surface area contributed by atoms with Crippen molar-refractivity contribution in [3.8, 4) is 17.0 Å². The molecule has 12 heteroatoms. The van der Waals surface area contributed by atoms with Gasteiger partial charge >= 0.3 is 0 Å². The lowest BCUT2D eigenvalue weighted by atomic mass is 9.55. The number of aromatic hydroxyl groups is 1. The van der Waals surface area contributed by atoms with E-state index in [1.54, 1.807) is 19.1 Å². The highest BCUT2D eigenvalue weighted by Gasteiger charge is 2.64. The van der Waals surface area contributed by atoms with Gasteiger partial charge in [-0.25, -0.2) is 4.98 Å². The average molecular weight is 590 g/mol. The van der Waals surface area contributed by atoms with E-state index in [9.17, 15) is 39.9 Å². The van der Waals surface area contributed by atoms with Crippen molar-refractivity contribution in [2.45, 2.75) is 37.9 Å². The summed E-state index contributed by atoms with van der Waals surface area (Å²) in [6.45, 7) is 3.59. The fraction of sp³-hybridized carbons (Fsp3) is 0.267. The Bertz CT molecular complexity index is 1760. The number of benzene rings is 2. The lowest BCUT2D eigenvalue weighted by Crippen LogP contribution is -2.63. The van der Waals surface area contributed by atoms with Gasteiger partial charge in [-0.15, -0.1) is 11.3 Å². The summed E-state index contributed by atoms with van der Waals surface area (Å²) in [7, 11) is 0. The molecule has 0 aliphatic heterocycles. The van der Waals surface area contributed by atoms with E-state index in [1.165, 1.54) is 11.3 Å². The van der Waals surface area contributed by atoms with Crippen LogP contribution >= 0.6 is 11.3 Å². The second kappa shape index (κ2) is 9.51. The lowest BCUT2D eigenvalue weighted by Gasteiger charge is -2.50. The van der Waals surface area contributed by atoms with Crippen LogP contribution < -0.4 is 11.1 Å². The number of hydrogen-bond donors (Lipinski definition) is 7. The molecule has 5 unspecified atom stereocenters. The van der Waals surface area contributed by atoms with E-state index in [0.717, 1.165) is 16.1 Å². The number of hydrogen-bond acceptors (Lipinski definition) is 11. The van der Waals surface area contributed by atoms with Crippen LogP contribution in [0.3, 0.4) is 0 Å². The first kappa shape index (κ1) is 27.6. The molecule has 11 nitrogen and oxygen atoms in total. The molecule has 5 atom stereocenters. The minimum atomic E-state index is -2.88. The van der Waals surface area contributed by atoms with Gasteiger partial charge in [0.1, 0.15) is 22.8 Å². The second-order valence-electron chi connectivity index (χ2n) is 10.8. The topological polar surface area (TPSA) is 203 Å². The predicted molar refractivity (Wildman–Crippen MR) is 153 cm³/mol. The molecule has 3 aromatic rings. The number of rotatable bonds is 4. The summed E-state index contributed by atoms with van der Waals surface area (Å²) in [5, 5.41) is 59.9. The summed E-state index contributed by atoms with van der Waals surface area (Å²) in [4.78, 5) is 43.9. The first-order valence-electron chi connectivity index (χ1n) is 13.2. The molecule has 0 radical (unpaired) electrons. The Labute approximate surface area is 243 Å². The number of fused-ring (bicyclic) bond motifs is 3. The maximum Gasteiger partial charge on any atom is 0.255 e. The molecule has 216 valence electrons. The zero-order valence-electron chi connectivity index (χ0n) is 22.5. The number of anilines is 2. The van der Waals surface area contributed by atoms with Gasteiger partial charge in [-0.3, -0.25) is 14.4 Å².